The van der Waals surface area contributed by atoms with Gasteiger partial charge < -0.3 is 19.3 Å². The van der Waals surface area contributed by atoms with Crippen molar-refractivity contribution in [2.75, 3.05) is 46.2 Å². The lowest BCUT2D eigenvalue weighted by molar-refractivity contribution is 0.00710. The molecule has 0 fully saturated rings. The Bertz CT molecular complexity index is 176. The second-order valence-electron chi connectivity index (χ2n) is 5.12. The predicted octanol–water partition coefficient (Wildman–Crippen LogP) is 3.03. The molecule has 0 spiro atoms. The summed E-state index contributed by atoms with van der Waals surface area (Å²) in [4.78, 5) is 0. The van der Waals surface area contributed by atoms with Crippen molar-refractivity contribution in [1.82, 2.24) is 0 Å². The van der Waals surface area contributed by atoms with Crippen LogP contribution in [0.2, 0.25) is 0 Å². The average Bonchev–Trinajstić information content (AvgIpc) is 2.47. The molecule has 0 radical (unpaired) electrons. The van der Waals surface area contributed by atoms with Gasteiger partial charge >= 0.3 is 0 Å². The zero-order valence-corrected chi connectivity index (χ0v) is 13.4. The van der Waals surface area contributed by atoms with Gasteiger partial charge in [0.25, 0.3) is 0 Å². The van der Waals surface area contributed by atoms with Gasteiger partial charge in [0.1, 0.15) is 0 Å². The summed E-state index contributed by atoms with van der Waals surface area (Å²) in [5, 5.41) is 8.50. The van der Waals surface area contributed by atoms with E-state index >= 15 is 0 Å². The fraction of sp³-hybridized carbons (Fsp3) is 1.00. The van der Waals surface area contributed by atoms with Crippen LogP contribution in [0.15, 0.2) is 0 Å². The van der Waals surface area contributed by atoms with E-state index in [1.807, 2.05) is 0 Å². The highest BCUT2D eigenvalue weighted by Gasteiger charge is 2.04. The van der Waals surface area contributed by atoms with Crippen LogP contribution >= 0.6 is 0 Å². The van der Waals surface area contributed by atoms with Gasteiger partial charge in [0.2, 0.25) is 0 Å². The topological polar surface area (TPSA) is 47.9 Å². The summed E-state index contributed by atoms with van der Waals surface area (Å²) >= 11 is 0. The smallest absolute Gasteiger partial charge is 0.0701 e. The zero-order valence-electron chi connectivity index (χ0n) is 13.4. The van der Waals surface area contributed by atoms with E-state index in [4.69, 9.17) is 19.3 Å². The Balaban J connectivity index is 3.09. The van der Waals surface area contributed by atoms with Crippen LogP contribution in [0.1, 0.15) is 52.4 Å². The van der Waals surface area contributed by atoms with Crippen molar-refractivity contribution >= 4 is 0 Å². The summed E-state index contributed by atoms with van der Waals surface area (Å²) < 4.78 is 16.0. The van der Waals surface area contributed by atoms with Gasteiger partial charge in [0.15, 0.2) is 0 Å². The maximum atomic E-state index is 8.50. The zero-order chi connectivity index (χ0) is 14.9. The van der Waals surface area contributed by atoms with Crippen LogP contribution in [-0.4, -0.2) is 51.4 Å². The SMILES string of the molecule is CCCC(CC)CCCCOCCOCCOCCO. The summed E-state index contributed by atoms with van der Waals surface area (Å²) in [6, 6.07) is 0. The molecule has 0 aromatic rings. The second kappa shape index (κ2) is 16.9. The molecule has 0 amide bonds. The van der Waals surface area contributed by atoms with Gasteiger partial charge in [0, 0.05) is 6.61 Å². The lowest BCUT2D eigenvalue weighted by Crippen LogP contribution is -2.11. The molecule has 0 saturated carbocycles. The minimum atomic E-state index is 0.0697. The van der Waals surface area contributed by atoms with Crippen molar-refractivity contribution in [2.24, 2.45) is 5.92 Å². The Morgan fingerprint density at radius 3 is 1.90 bits per heavy atom. The van der Waals surface area contributed by atoms with Crippen LogP contribution < -0.4 is 0 Å². The Kier molecular flexibility index (Phi) is 16.8. The summed E-state index contributed by atoms with van der Waals surface area (Å²) in [6.45, 7) is 8.24. The minimum Gasteiger partial charge on any atom is -0.394 e. The van der Waals surface area contributed by atoms with Crippen LogP contribution in [0.25, 0.3) is 0 Å². The fourth-order valence-corrected chi connectivity index (χ4v) is 2.20. The molecule has 122 valence electrons. The molecule has 0 aliphatic carbocycles. The predicted molar refractivity (Wildman–Crippen MR) is 82.1 cm³/mol. The van der Waals surface area contributed by atoms with E-state index in [0.717, 1.165) is 18.9 Å². The van der Waals surface area contributed by atoms with Crippen LogP contribution in [0.4, 0.5) is 0 Å². The van der Waals surface area contributed by atoms with Gasteiger partial charge in [-0.15, -0.1) is 0 Å². The van der Waals surface area contributed by atoms with Crippen LogP contribution in [0, 0.1) is 5.92 Å². The normalized spacial score (nSPS) is 12.8. The summed E-state index contributed by atoms with van der Waals surface area (Å²) in [6.07, 6.45) is 7.74. The molecule has 0 aliphatic heterocycles. The minimum absolute atomic E-state index is 0.0697. The standard InChI is InChI=1S/C16H34O4/c1-3-7-16(4-2)8-5-6-10-18-12-14-20-15-13-19-11-9-17/h16-17H,3-15H2,1-2H3. The molecule has 0 aromatic carbocycles. The second-order valence-corrected chi connectivity index (χ2v) is 5.12. The van der Waals surface area contributed by atoms with Gasteiger partial charge in [0.05, 0.1) is 39.6 Å². The van der Waals surface area contributed by atoms with Gasteiger partial charge in [-0.25, -0.2) is 0 Å². The third-order valence-corrected chi connectivity index (χ3v) is 3.40. The first-order chi connectivity index (χ1) is 9.85. The van der Waals surface area contributed by atoms with E-state index in [2.05, 4.69) is 13.8 Å². The van der Waals surface area contributed by atoms with E-state index in [1.54, 1.807) is 0 Å². The van der Waals surface area contributed by atoms with Crippen molar-refractivity contribution < 1.29 is 19.3 Å². The molecule has 0 saturated heterocycles. The Hall–Kier alpha value is -0.160. The molecule has 0 heterocycles. The Morgan fingerprint density at radius 2 is 1.35 bits per heavy atom. The van der Waals surface area contributed by atoms with Gasteiger partial charge in [-0.2, -0.15) is 0 Å². The lowest BCUT2D eigenvalue weighted by Gasteiger charge is -2.13. The number of aliphatic hydroxyl groups is 1. The van der Waals surface area contributed by atoms with E-state index in [-0.39, 0.29) is 6.61 Å². The molecule has 20 heavy (non-hydrogen) atoms. The van der Waals surface area contributed by atoms with Crippen LogP contribution in [-0.2, 0) is 14.2 Å². The average molecular weight is 290 g/mol. The van der Waals surface area contributed by atoms with Crippen molar-refractivity contribution in [1.29, 1.82) is 0 Å². The molecule has 0 bridgehead atoms. The number of unbranched alkanes of at least 4 members (excludes halogenated alkanes) is 1. The molecule has 1 N–H and O–H groups in total. The van der Waals surface area contributed by atoms with E-state index in [1.165, 1.54) is 32.1 Å². The van der Waals surface area contributed by atoms with Gasteiger partial charge in [-0.3, -0.25) is 0 Å². The molecule has 1 unspecified atom stereocenters. The monoisotopic (exact) mass is 290 g/mol. The lowest BCUT2D eigenvalue weighted by atomic mass is 9.95. The largest absolute Gasteiger partial charge is 0.394 e. The third kappa shape index (κ3) is 14.3. The molecule has 0 aromatic heterocycles. The van der Waals surface area contributed by atoms with Crippen molar-refractivity contribution in [3.8, 4) is 0 Å². The molecular formula is C16H34O4. The van der Waals surface area contributed by atoms with E-state index in [0.29, 0.717) is 33.0 Å². The van der Waals surface area contributed by atoms with Crippen LogP contribution in [0.5, 0.6) is 0 Å². The van der Waals surface area contributed by atoms with Gasteiger partial charge in [-0.05, 0) is 12.3 Å². The Morgan fingerprint density at radius 1 is 0.750 bits per heavy atom. The maximum absolute atomic E-state index is 8.50. The highest BCUT2D eigenvalue weighted by atomic mass is 16.5. The fourth-order valence-electron chi connectivity index (χ4n) is 2.20. The first kappa shape index (κ1) is 19.8. The summed E-state index contributed by atoms with van der Waals surface area (Å²) in [5.74, 6) is 0.905. The maximum Gasteiger partial charge on any atom is 0.0701 e. The molecular weight excluding hydrogens is 256 g/mol. The quantitative estimate of drug-likeness (QED) is 0.444. The first-order valence-electron chi connectivity index (χ1n) is 8.19. The van der Waals surface area contributed by atoms with E-state index in [9.17, 15) is 0 Å². The first-order valence-corrected chi connectivity index (χ1v) is 8.19. The van der Waals surface area contributed by atoms with Crippen molar-refractivity contribution in [3.63, 3.8) is 0 Å². The van der Waals surface area contributed by atoms with Gasteiger partial charge in [-0.1, -0.05) is 46.0 Å². The number of rotatable bonds is 16. The Labute approximate surface area is 124 Å². The van der Waals surface area contributed by atoms with Crippen molar-refractivity contribution in [2.45, 2.75) is 52.4 Å². The van der Waals surface area contributed by atoms with E-state index < -0.39 is 0 Å². The third-order valence-electron chi connectivity index (χ3n) is 3.40. The molecule has 0 aliphatic rings. The highest BCUT2D eigenvalue weighted by molar-refractivity contribution is 4.56. The molecule has 0 rings (SSSR count). The number of aliphatic hydroxyl groups excluding tert-OH is 1. The van der Waals surface area contributed by atoms with Crippen LogP contribution in [0.3, 0.4) is 0 Å². The summed E-state index contributed by atoms with van der Waals surface area (Å²) in [5.41, 5.74) is 0. The summed E-state index contributed by atoms with van der Waals surface area (Å²) in [7, 11) is 0. The number of hydrogen-bond acceptors (Lipinski definition) is 4. The highest BCUT2D eigenvalue weighted by Crippen LogP contribution is 2.17. The molecule has 1 atom stereocenters. The molecule has 4 nitrogen and oxygen atoms in total. The molecule has 4 heteroatoms. The van der Waals surface area contributed by atoms with Crippen molar-refractivity contribution in [3.05, 3.63) is 0 Å². The number of ether oxygens (including phenoxy) is 3. The number of hydrogen-bond donors (Lipinski definition) is 1.